The third kappa shape index (κ3) is 4.15. The zero-order valence-corrected chi connectivity index (χ0v) is 17.4. The van der Waals surface area contributed by atoms with Gasteiger partial charge in [0.1, 0.15) is 5.82 Å². The number of sulfone groups is 1. The van der Waals surface area contributed by atoms with E-state index in [1.807, 2.05) is 6.92 Å². The summed E-state index contributed by atoms with van der Waals surface area (Å²) < 4.78 is 37.2. The summed E-state index contributed by atoms with van der Waals surface area (Å²) in [4.78, 5) is 15.9. The molecule has 0 aliphatic rings. The standard InChI is InChI=1S/C21H20FNO3S2/c1-14(15-8-10-16(11-9-15)28(3,25)26)23(2)21(24)20-13-12-19(27-20)17-6-4-5-7-18(17)22/h4-14H,1-3H3. The highest BCUT2D eigenvalue weighted by Crippen LogP contribution is 2.32. The second kappa shape index (κ2) is 7.85. The minimum Gasteiger partial charge on any atom is -0.334 e. The van der Waals surface area contributed by atoms with Gasteiger partial charge in [-0.1, -0.05) is 30.3 Å². The summed E-state index contributed by atoms with van der Waals surface area (Å²) in [5.41, 5.74) is 1.30. The topological polar surface area (TPSA) is 54.5 Å². The van der Waals surface area contributed by atoms with E-state index in [1.54, 1.807) is 66.5 Å². The highest BCUT2D eigenvalue weighted by molar-refractivity contribution is 7.90. The normalized spacial score (nSPS) is 12.6. The molecule has 1 unspecified atom stereocenters. The molecule has 1 heterocycles. The smallest absolute Gasteiger partial charge is 0.264 e. The third-order valence-corrected chi connectivity index (χ3v) is 6.88. The van der Waals surface area contributed by atoms with Crippen LogP contribution in [0.1, 0.15) is 28.2 Å². The van der Waals surface area contributed by atoms with E-state index in [1.165, 1.54) is 17.4 Å². The fourth-order valence-corrected chi connectivity index (χ4v) is 4.47. The first-order valence-corrected chi connectivity index (χ1v) is 11.3. The monoisotopic (exact) mass is 417 g/mol. The molecule has 0 saturated carbocycles. The van der Waals surface area contributed by atoms with Crippen LogP contribution >= 0.6 is 11.3 Å². The van der Waals surface area contributed by atoms with Crippen LogP contribution in [-0.4, -0.2) is 32.5 Å². The molecule has 7 heteroatoms. The molecule has 0 radical (unpaired) electrons. The van der Waals surface area contributed by atoms with Crippen LogP contribution in [0.5, 0.6) is 0 Å². The first-order valence-electron chi connectivity index (χ1n) is 8.60. The van der Waals surface area contributed by atoms with Crippen molar-refractivity contribution in [3.63, 3.8) is 0 Å². The Labute approximate surface area is 168 Å². The third-order valence-electron chi connectivity index (χ3n) is 4.65. The minimum atomic E-state index is -3.26. The van der Waals surface area contributed by atoms with Crippen molar-refractivity contribution < 1.29 is 17.6 Å². The Balaban J connectivity index is 1.80. The number of amides is 1. The van der Waals surface area contributed by atoms with Gasteiger partial charge < -0.3 is 4.90 Å². The van der Waals surface area contributed by atoms with E-state index >= 15 is 0 Å². The number of thiophene rings is 1. The van der Waals surface area contributed by atoms with Gasteiger partial charge in [-0.25, -0.2) is 12.8 Å². The molecule has 3 aromatic rings. The molecular weight excluding hydrogens is 397 g/mol. The van der Waals surface area contributed by atoms with E-state index in [0.29, 0.717) is 15.3 Å². The Morgan fingerprint density at radius 3 is 2.29 bits per heavy atom. The summed E-state index contributed by atoms with van der Waals surface area (Å²) in [5.74, 6) is -0.497. The number of nitrogens with zero attached hydrogens (tertiary/aromatic N) is 1. The molecule has 1 aromatic heterocycles. The average Bonchev–Trinajstić information content (AvgIpc) is 3.16. The summed E-state index contributed by atoms with van der Waals surface area (Å²) in [5, 5.41) is 0. The van der Waals surface area contributed by atoms with E-state index in [0.717, 1.165) is 11.8 Å². The molecule has 0 fully saturated rings. The summed E-state index contributed by atoms with van der Waals surface area (Å²) in [6, 6.07) is 16.2. The Hall–Kier alpha value is -2.51. The van der Waals surface area contributed by atoms with Gasteiger partial charge in [0.15, 0.2) is 9.84 Å². The Bertz CT molecular complexity index is 1100. The molecule has 1 atom stereocenters. The maximum Gasteiger partial charge on any atom is 0.264 e. The van der Waals surface area contributed by atoms with Crippen LogP contribution in [0, 0.1) is 5.82 Å². The number of carbonyl (C=O) groups excluding carboxylic acids is 1. The van der Waals surface area contributed by atoms with Gasteiger partial charge in [-0.05, 0) is 42.8 Å². The fourth-order valence-electron chi connectivity index (χ4n) is 2.83. The molecule has 2 aromatic carbocycles. The van der Waals surface area contributed by atoms with Gasteiger partial charge in [-0.3, -0.25) is 4.79 Å². The molecule has 0 spiro atoms. The number of halogens is 1. The largest absolute Gasteiger partial charge is 0.334 e. The zero-order chi connectivity index (χ0) is 20.5. The van der Waals surface area contributed by atoms with Crippen molar-refractivity contribution in [3.05, 3.63) is 76.9 Å². The lowest BCUT2D eigenvalue weighted by Gasteiger charge is -2.25. The van der Waals surface area contributed by atoms with Crippen LogP contribution in [-0.2, 0) is 9.84 Å². The lowest BCUT2D eigenvalue weighted by Crippen LogP contribution is -2.29. The highest BCUT2D eigenvalue weighted by atomic mass is 32.2. The Kier molecular flexibility index (Phi) is 5.67. The van der Waals surface area contributed by atoms with E-state index in [-0.39, 0.29) is 22.7 Å². The molecule has 4 nitrogen and oxygen atoms in total. The van der Waals surface area contributed by atoms with Crippen molar-refractivity contribution in [3.8, 4) is 10.4 Å². The quantitative estimate of drug-likeness (QED) is 0.600. The van der Waals surface area contributed by atoms with Crippen molar-refractivity contribution in [2.24, 2.45) is 0 Å². The number of rotatable bonds is 5. The van der Waals surface area contributed by atoms with E-state index < -0.39 is 9.84 Å². The second-order valence-electron chi connectivity index (χ2n) is 6.58. The Morgan fingerprint density at radius 2 is 1.68 bits per heavy atom. The summed E-state index contributed by atoms with van der Waals surface area (Å²) in [6.45, 7) is 1.87. The van der Waals surface area contributed by atoms with Crippen molar-refractivity contribution in [1.29, 1.82) is 0 Å². The summed E-state index contributed by atoms with van der Waals surface area (Å²) in [6.07, 6.45) is 1.16. The predicted octanol–water partition coefficient (Wildman–Crippen LogP) is 4.79. The number of hydrogen-bond donors (Lipinski definition) is 0. The van der Waals surface area contributed by atoms with Gasteiger partial charge in [-0.15, -0.1) is 11.3 Å². The van der Waals surface area contributed by atoms with Gasteiger partial charge in [-0.2, -0.15) is 0 Å². The fraction of sp³-hybridized carbons (Fsp3) is 0.190. The molecule has 28 heavy (non-hydrogen) atoms. The number of benzene rings is 2. The molecule has 0 aliphatic carbocycles. The lowest BCUT2D eigenvalue weighted by molar-refractivity contribution is 0.0747. The highest BCUT2D eigenvalue weighted by Gasteiger charge is 2.21. The summed E-state index contributed by atoms with van der Waals surface area (Å²) >= 11 is 1.24. The first-order chi connectivity index (χ1) is 13.2. The van der Waals surface area contributed by atoms with Crippen LogP contribution in [0.25, 0.3) is 10.4 Å². The first kappa shape index (κ1) is 20.2. The molecule has 3 rings (SSSR count). The molecule has 0 N–H and O–H groups in total. The van der Waals surface area contributed by atoms with Crippen molar-refractivity contribution >= 4 is 27.1 Å². The van der Waals surface area contributed by atoms with Crippen molar-refractivity contribution in [2.45, 2.75) is 17.9 Å². The average molecular weight is 418 g/mol. The Morgan fingerprint density at radius 1 is 1.04 bits per heavy atom. The zero-order valence-electron chi connectivity index (χ0n) is 15.7. The van der Waals surface area contributed by atoms with Gasteiger partial charge in [0.2, 0.25) is 0 Å². The predicted molar refractivity (Wildman–Crippen MR) is 110 cm³/mol. The van der Waals surface area contributed by atoms with E-state index in [2.05, 4.69) is 0 Å². The van der Waals surface area contributed by atoms with Crippen molar-refractivity contribution in [1.82, 2.24) is 4.90 Å². The van der Waals surface area contributed by atoms with Gasteiger partial charge in [0.05, 0.1) is 15.8 Å². The SMILES string of the molecule is CC(c1ccc(S(C)(=O)=O)cc1)N(C)C(=O)c1ccc(-c2ccccc2F)s1. The number of hydrogen-bond acceptors (Lipinski definition) is 4. The maximum absolute atomic E-state index is 14.0. The summed E-state index contributed by atoms with van der Waals surface area (Å²) in [7, 11) is -1.57. The maximum atomic E-state index is 14.0. The number of carbonyl (C=O) groups is 1. The van der Waals surface area contributed by atoms with Gasteiger partial charge >= 0.3 is 0 Å². The van der Waals surface area contributed by atoms with Crippen LogP contribution in [0.2, 0.25) is 0 Å². The van der Waals surface area contributed by atoms with Gasteiger partial charge in [0, 0.05) is 23.7 Å². The van der Waals surface area contributed by atoms with Crippen LogP contribution < -0.4 is 0 Å². The molecule has 0 aliphatic heterocycles. The van der Waals surface area contributed by atoms with Crippen molar-refractivity contribution in [2.75, 3.05) is 13.3 Å². The van der Waals surface area contributed by atoms with Crippen LogP contribution in [0.3, 0.4) is 0 Å². The van der Waals surface area contributed by atoms with Crippen LogP contribution in [0.4, 0.5) is 4.39 Å². The minimum absolute atomic E-state index is 0.174. The van der Waals surface area contributed by atoms with Crippen LogP contribution in [0.15, 0.2) is 65.6 Å². The molecule has 0 saturated heterocycles. The van der Waals surface area contributed by atoms with Gasteiger partial charge in [0.25, 0.3) is 5.91 Å². The van der Waals surface area contributed by atoms with E-state index in [4.69, 9.17) is 0 Å². The molecular formula is C21H20FNO3S2. The van der Waals surface area contributed by atoms with E-state index in [9.17, 15) is 17.6 Å². The molecule has 1 amide bonds. The second-order valence-corrected chi connectivity index (χ2v) is 9.68. The lowest BCUT2D eigenvalue weighted by atomic mass is 10.1. The molecule has 146 valence electrons. The molecule has 0 bridgehead atoms.